The lowest BCUT2D eigenvalue weighted by atomic mass is 10.1. The van der Waals surface area contributed by atoms with Crippen molar-refractivity contribution in [2.75, 3.05) is 6.61 Å². The van der Waals surface area contributed by atoms with Crippen LogP contribution in [0.3, 0.4) is 0 Å². The molecule has 1 rings (SSSR count). The first kappa shape index (κ1) is 12.7. The summed E-state index contributed by atoms with van der Waals surface area (Å²) in [5, 5.41) is 8.78. The van der Waals surface area contributed by atoms with Crippen LogP contribution in [-0.4, -0.2) is 12.7 Å². The number of hydrogen-bond donors (Lipinski definition) is 1. The second-order valence-electron chi connectivity index (χ2n) is 3.74. The topological polar surface area (TPSA) is 68.3 Å². The number of nitrogens with two attached hydrogens (primary N) is 1. The van der Waals surface area contributed by atoms with E-state index in [0.717, 1.165) is 5.56 Å². The molecule has 0 aliphatic carbocycles. The van der Waals surface area contributed by atoms with Gasteiger partial charge in [-0.1, -0.05) is 12.1 Å². The molecule has 1 aromatic rings. The van der Waals surface area contributed by atoms with Gasteiger partial charge in [-0.05, 0) is 31.5 Å². The third-order valence-electron chi connectivity index (χ3n) is 2.13. The SMILES string of the molecule is CC(C)OCC(ON)c1cccc(C#N)c1. The lowest BCUT2D eigenvalue weighted by Gasteiger charge is -2.16. The normalized spacial score (nSPS) is 12.4. The van der Waals surface area contributed by atoms with Crippen LogP contribution in [0.1, 0.15) is 31.1 Å². The highest BCUT2D eigenvalue weighted by Crippen LogP contribution is 2.17. The zero-order valence-electron chi connectivity index (χ0n) is 9.51. The molecule has 0 heterocycles. The largest absolute Gasteiger partial charge is 0.376 e. The van der Waals surface area contributed by atoms with Crippen molar-refractivity contribution >= 4 is 0 Å². The molecule has 0 aliphatic rings. The highest BCUT2D eigenvalue weighted by atomic mass is 16.6. The van der Waals surface area contributed by atoms with E-state index in [0.29, 0.717) is 12.2 Å². The zero-order chi connectivity index (χ0) is 12.0. The molecule has 4 nitrogen and oxygen atoms in total. The van der Waals surface area contributed by atoms with Gasteiger partial charge < -0.3 is 4.74 Å². The molecule has 0 bridgehead atoms. The molecule has 0 fully saturated rings. The minimum atomic E-state index is -0.337. The van der Waals surface area contributed by atoms with E-state index in [9.17, 15) is 0 Å². The Hall–Kier alpha value is -1.41. The van der Waals surface area contributed by atoms with Crippen molar-refractivity contribution in [3.8, 4) is 6.07 Å². The molecule has 16 heavy (non-hydrogen) atoms. The molecule has 0 aliphatic heterocycles. The quantitative estimate of drug-likeness (QED) is 0.770. The smallest absolute Gasteiger partial charge is 0.127 e. The van der Waals surface area contributed by atoms with Gasteiger partial charge in [0.2, 0.25) is 0 Å². The fourth-order valence-corrected chi connectivity index (χ4v) is 1.30. The summed E-state index contributed by atoms with van der Waals surface area (Å²) in [5.41, 5.74) is 1.44. The number of nitrogens with zero attached hydrogens (tertiary/aromatic N) is 1. The third-order valence-corrected chi connectivity index (χ3v) is 2.13. The number of rotatable bonds is 5. The highest BCUT2D eigenvalue weighted by Gasteiger charge is 2.12. The second kappa shape index (κ2) is 6.23. The van der Waals surface area contributed by atoms with Gasteiger partial charge in [0.05, 0.1) is 24.3 Å². The van der Waals surface area contributed by atoms with E-state index in [2.05, 4.69) is 6.07 Å². The molecule has 0 amide bonds. The zero-order valence-corrected chi connectivity index (χ0v) is 9.51. The summed E-state index contributed by atoms with van der Waals surface area (Å²) in [4.78, 5) is 4.85. The Morgan fingerprint density at radius 3 is 2.75 bits per heavy atom. The van der Waals surface area contributed by atoms with E-state index in [-0.39, 0.29) is 12.2 Å². The molecule has 1 unspecified atom stereocenters. The van der Waals surface area contributed by atoms with Gasteiger partial charge in [0.25, 0.3) is 0 Å². The molecule has 2 N–H and O–H groups in total. The van der Waals surface area contributed by atoms with Crippen LogP contribution in [0.4, 0.5) is 0 Å². The van der Waals surface area contributed by atoms with Gasteiger partial charge in [-0.15, -0.1) is 0 Å². The predicted octanol–water partition coefficient (Wildman–Crippen LogP) is 1.91. The summed E-state index contributed by atoms with van der Waals surface area (Å²) in [6.07, 6.45) is -0.215. The first-order chi connectivity index (χ1) is 7.67. The van der Waals surface area contributed by atoms with Crippen LogP contribution in [0, 0.1) is 11.3 Å². The number of benzene rings is 1. The lowest BCUT2D eigenvalue weighted by Crippen LogP contribution is -2.18. The van der Waals surface area contributed by atoms with E-state index < -0.39 is 0 Å². The molecular formula is C12H16N2O2. The first-order valence-corrected chi connectivity index (χ1v) is 5.14. The number of hydrogen-bond acceptors (Lipinski definition) is 4. The van der Waals surface area contributed by atoms with Crippen LogP contribution >= 0.6 is 0 Å². The molecule has 86 valence electrons. The van der Waals surface area contributed by atoms with Crippen LogP contribution in [0.2, 0.25) is 0 Å². The maximum Gasteiger partial charge on any atom is 0.127 e. The lowest BCUT2D eigenvalue weighted by molar-refractivity contribution is -0.0379. The highest BCUT2D eigenvalue weighted by molar-refractivity contribution is 5.33. The minimum Gasteiger partial charge on any atom is -0.376 e. The third kappa shape index (κ3) is 3.63. The monoisotopic (exact) mass is 220 g/mol. The minimum absolute atomic E-state index is 0.122. The second-order valence-corrected chi connectivity index (χ2v) is 3.74. The molecule has 4 heteroatoms. The fraction of sp³-hybridized carbons (Fsp3) is 0.417. The standard InChI is InChI=1S/C12H16N2O2/c1-9(2)15-8-12(16-14)11-5-3-4-10(6-11)7-13/h3-6,9,12H,8,14H2,1-2H3. The molecular weight excluding hydrogens is 204 g/mol. The first-order valence-electron chi connectivity index (χ1n) is 5.14. The summed E-state index contributed by atoms with van der Waals surface area (Å²) >= 11 is 0. The maximum atomic E-state index is 8.78. The summed E-state index contributed by atoms with van der Waals surface area (Å²) in [6.45, 7) is 4.27. The van der Waals surface area contributed by atoms with Gasteiger partial charge in [0.15, 0.2) is 0 Å². The van der Waals surface area contributed by atoms with Gasteiger partial charge in [0.1, 0.15) is 6.10 Å². The van der Waals surface area contributed by atoms with E-state index in [1.54, 1.807) is 18.2 Å². The van der Waals surface area contributed by atoms with Gasteiger partial charge in [-0.25, -0.2) is 5.90 Å². The summed E-state index contributed by atoms with van der Waals surface area (Å²) < 4.78 is 5.43. The van der Waals surface area contributed by atoms with Crippen LogP contribution in [0.25, 0.3) is 0 Å². The van der Waals surface area contributed by atoms with Crippen molar-refractivity contribution in [3.05, 3.63) is 35.4 Å². The molecule has 1 aromatic carbocycles. The van der Waals surface area contributed by atoms with Crippen molar-refractivity contribution in [2.24, 2.45) is 5.90 Å². The van der Waals surface area contributed by atoms with Crippen molar-refractivity contribution in [2.45, 2.75) is 26.1 Å². The Morgan fingerprint density at radius 1 is 1.44 bits per heavy atom. The molecule has 0 aromatic heterocycles. The summed E-state index contributed by atoms with van der Waals surface area (Å²) in [6, 6.07) is 9.23. The van der Waals surface area contributed by atoms with Gasteiger partial charge in [-0.3, -0.25) is 4.84 Å². The summed E-state index contributed by atoms with van der Waals surface area (Å²) in [7, 11) is 0. The average Bonchev–Trinajstić information content (AvgIpc) is 2.30. The molecule has 0 spiro atoms. The van der Waals surface area contributed by atoms with Crippen molar-refractivity contribution in [3.63, 3.8) is 0 Å². The van der Waals surface area contributed by atoms with E-state index in [4.69, 9.17) is 20.7 Å². The van der Waals surface area contributed by atoms with Gasteiger partial charge >= 0.3 is 0 Å². The Bertz CT molecular complexity index is 372. The van der Waals surface area contributed by atoms with Crippen LogP contribution in [0.15, 0.2) is 24.3 Å². The van der Waals surface area contributed by atoms with E-state index in [1.165, 1.54) is 0 Å². The van der Waals surface area contributed by atoms with Crippen LogP contribution < -0.4 is 5.90 Å². The number of ether oxygens (including phenoxy) is 1. The van der Waals surface area contributed by atoms with E-state index in [1.807, 2.05) is 19.9 Å². The number of nitriles is 1. The Labute approximate surface area is 95.5 Å². The Morgan fingerprint density at radius 2 is 2.19 bits per heavy atom. The Balaban J connectivity index is 2.75. The average molecular weight is 220 g/mol. The fourth-order valence-electron chi connectivity index (χ4n) is 1.30. The van der Waals surface area contributed by atoms with Crippen molar-refractivity contribution in [1.29, 1.82) is 5.26 Å². The van der Waals surface area contributed by atoms with Crippen molar-refractivity contribution in [1.82, 2.24) is 0 Å². The van der Waals surface area contributed by atoms with Crippen molar-refractivity contribution < 1.29 is 9.57 Å². The maximum absolute atomic E-state index is 8.78. The molecule has 0 saturated heterocycles. The predicted molar refractivity (Wildman–Crippen MR) is 60.3 cm³/mol. The van der Waals surface area contributed by atoms with Gasteiger partial charge in [-0.2, -0.15) is 5.26 Å². The molecule has 0 saturated carbocycles. The molecule has 1 atom stereocenters. The van der Waals surface area contributed by atoms with Gasteiger partial charge in [0, 0.05) is 0 Å². The van der Waals surface area contributed by atoms with Crippen LogP contribution in [0.5, 0.6) is 0 Å². The summed E-state index contributed by atoms with van der Waals surface area (Å²) in [5.74, 6) is 5.22. The Kier molecular flexibility index (Phi) is 4.93. The van der Waals surface area contributed by atoms with E-state index >= 15 is 0 Å². The molecule has 0 radical (unpaired) electrons. The van der Waals surface area contributed by atoms with Crippen LogP contribution in [-0.2, 0) is 9.57 Å².